The highest BCUT2D eigenvalue weighted by molar-refractivity contribution is 6.30. The van der Waals surface area contributed by atoms with Gasteiger partial charge >= 0.3 is 0 Å². The fourth-order valence-electron chi connectivity index (χ4n) is 0.393. The van der Waals surface area contributed by atoms with Crippen LogP contribution in [0.1, 0.15) is 20.3 Å². The molecule has 0 aromatic carbocycles. The third kappa shape index (κ3) is 4.22. The molecule has 0 bridgehead atoms. The number of halogens is 1. The third-order valence-electron chi connectivity index (χ3n) is 1.01. The molecule has 0 N–H and O–H groups in total. The van der Waals surface area contributed by atoms with Gasteiger partial charge in [0.15, 0.2) is 0 Å². The number of allylic oxidation sites excluding steroid dienone is 1. The van der Waals surface area contributed by atoms with Crippen LogP contribution in [0.4, 0.5) is 0 Å². The van der Waals surface area contributed by atoms with E-state index in [1.165, 1.54) is 0 Å². The summed E-state index contributed by atoms with van der Waals surface area (Å²) in [6, 6.07) is 0. The zero-order chi connectivity index (χ0) is 7.44. The molecule has 0 amide bonds. The zero-order valence-electron chi connectivity index (χ0n) is 5.78. The van der Waals surface area contributed by atoms with Gasteiger partial charge in [-0.1, -0.05) is 32.0 Å². The largest absolute Gasteiger partial charge is 0.299 e. The van der Waals surface area contributed by atoms with E-state index < -0.39 is 0 Å². The second kappa shape index (κ2) is 3.67. The molecule has 9 heavy (non-hydrogen) atoms. The normalized spacial score (nSPS) is 9.78. The quantitative estimate of drug-likeness (QED) is 0.598. The van der Waals surface area contributed by atoms with Gasteiger partial charge < -0.3 is 0 Å². The van der Waals surface area contributed by atoms with Crippen molar-refractivity contribution in [2.24, 2.45) is 5.92 Å². The number of carbonyl (C=O) groups is 1. The lowest BCUT2D eigenvalue weighted by molar-refractivity contribution is -0.121. The molecule has 0 rings (SSSR count). The van der Waals surface area contributed by atoms with Gasteiger partial charge in [-0.3, -0.25) is 4.79 Å². The summed E-state index contributed by atoms with van der Waals surface area (Å²) >= 11 is 5.40. The highest BCUT2D eigenvalue weighted by atomic mass is 35.5. The van der Waals surface area contributed by atoms with Crippen LogP contribution in [-0.4, -0.2) is 5.78 Å². The molecular formula is C7H11ClO. The zero-order valence-corrected chi connectivity index (χ0v) is 6.53. The fourth-order valence-corrected chi connectivity index (χ4v) is 0.525. The average molecular weight is 147 g/mol. The van der Waals surface area contributed by atoms with E-state index in [0.29, 0.717) is 11.5 Å². The van der Waals surface area contributed by atoms with Crippen molar-refractivity contribution in [3.05, 3.63) is 11.6 Å². The lowest BCUT2D eigenvalue weighted by atomic mass is 10.1. The van der Waals surface area contributed by atoms with Crippen molar-refractivity contribution in [3.8, 4) is 0 Å². The van der Waals surface area contributed by atoms with E-state index >= 15 is 0 Å². The van der Waals surface area contributed by atoms with E-state index in [1.54, 1.807) is 0 Å². The smallest absolute Gasteiger partial charge is 0.140 e. The molecule has 1 nitrogen and oxygen atoms in total. The van der Waals surface area contributed by atoms with E-state index in [-0.39, 0.29) is 11.7 Å². The maximum Gasteiger partial charge on any atom is 0.140 e. The maximum atomic E-state index is 10.8. The molecule has 0 saturated carbocycles. The van der Waals surface area contributed by atoms with Gasteiger partial charge in [0, 0.05) is 17.4 Å². The minimum absolute atomic E-state index is 0.0699. The molecule has 0 aliphatic heterocycles. The van der Waals surface area contributed by atoms with Crippen molar-refractivity contribution < 1.29 is 4.79 Å². The predicted octanol–water partition coefficient (Wildman–Crippen LogP) is 2.35. The van der Waals surface area contributed by atoms with Crippen LogP contribution < -0.4 is 0 Å². The summed E-state index contributed by atoms with van der Waals surface area (Å²) in [5, 5.41) is 0.425. The second-order valence-corrected chi connectivity index (χ2v) is 2.85. The van der Waals surface area contributed by atoms with Gasteiger partial charge in [-0.15, -0.1) is 0 Å². The summed E-state index contributed by atoms with van der Waals surface area (Å²) in [6.45, 7) is 7.12. The summed E-state index contributed by atoms with van der Waals surface area (Å²) in [5.41, 5.74) is 0. The van der Waals surface area contributed by atoms with Crippen LogP contribution >= 0.6 is 11.6 Å². The van der Waals surface area contributed by atoms with Crippen LogP contribution in [0, 0.1) is 5.92 Å². The minimum atomic E-state index is 0.0699. The Morgan fingerprint density at radius 2 is 2.11 bits per heavy atom. The summed E-state index contributed by atoms with van der Waals surface area (Å²) < 4.78 is 0. The van der Waals surface area contributed by atoms with Crippen LogP contribution in [0.3, 0.4) is 0 Å². The maximum absolute atomic E-state index is 10.8. The summed E-state index contributed by atoms with van der Waals surface area (Å²) in [7, 11) is 0. The minimum Gasteiger partial charge on any atom is -0.299 e. The van der Waals surface area contributed by atoms with Crippen LogP contribution in [-0.2, 0) is 4.79 Å². The summed E-state index contributed by atoms with van der Waals surface area (Å²) in [6.07, 6.45) is 0.305. The van der Waals surface area contributed by atoms with Crippen LogP contribution in [0.5, 0.6) is 0 Å². The molecule has 0 fully saturated rings. The van der Waals surface area contributed by atoms with Crippen molar-refractivity contribution in [2.75, 3.05) is 0 Å². The van der Waals surface area contributed by atoms with Crippen molar-refractivity contribution in [2.45, 2.75) is 20.3 Å². The summed E-state index contributed by atoms with van der Waals surface area (Å²) in [4.78, 5) is 10.8. The topological polar surface area (TPSA) is 17.1 Å². The van der Waals surface area contributed by atoms with Gasteiger partial charge in [-0.2, -0.15) is 0 Å². The van der Waals surface area contributed by atoms with E-state index in [9.17, 15) is 4.79 Å². The van der Waals surface area contributed by atoms with Gasteiger partial charge in [0.2, 0.25) is 0 Å². The van der Waals surface area contributed by atoms with Crippen molar-refractivity contribution in [3.63, 3.8) is 0 Å². The number of rotatable bonds is 3. The first-order valence-corrected chi connectivity index (χ1v) is 3.28. The van der Waals surface area contributed by atoms with Gasteiger partial charge in [0.1, 0.15) is 5.78 Å². The molecule has 0 saturated heterocycles. The van der Waals surface area contributed by atoms with Gasteiger partial charge in [0.25, 0.3) is 0 Å². The predicted molar refractivity (Wildman–Crippen MR) is 39.5 cm³/mol. The molecule has 0 aromatic heterocycles. The summed E-state index contributed by atoms with van der Waals surface area (Å²) in [5.74, 6) is 0.218. The number of ketones is 1. The molecule has 0 radical (unpaired) electrons. The Hall–Kier alpha value is -0.300. The molecule has 0 aliphatic rings. The lowest BCUT2D eigenvalue weighted by Crippen LogP contribution is -2.05. The first-order valence-electron chi connectivity index (χ1n) is 2.90. The average Bonchev–Trinajstić information content (AvgIpc) is 1.63. The van der Waals surface area contributed by atoms with Crippen LogP contribution in [0.15, 0.2) is 11.6 Å². The number of hydrogen-bond acceptors (Lipinski definition) is 1. The Labute approximate surface area is 60.7 Å². The first-order chi connectivity index (χ1) is 4.04. The van der Waals surface area contributed by atoms with Crippen molar-refractivity contribution >= 4 is 17.4 Å². The Balaban J connectivity index is 3.64. The fraction of sp³-hybridized carbons (Fsp3) is 0.571. The molecule has 0 spiro atoms. The Bertz CT molecular complexity index is 127. The molecule has 52 valence electrons. The highest BCUT2D eigenvalue weighted by Gasteiger charge is 2.06. The van der Waals surface area contributed by atoms with Gasteiger partial charge in [0.05, 0.1) is 0 Å². The molecule has 2 heteroatoms. The molecule has 0 atom stereocenters. The lowest BCUT2D eigenvalue weighted by Gasteiger charge is -1.99. The van der Waals surface area contributed by atoms with E-state index in [4.69, 9.17) is 11.6 Å². The first kappa shape index (κ1) is 8.70. The van der Waals surface area contributed by atoms with Crippen molar-refractivity contribution in [1.29, 1.82) is 0 Å². The third-order valence-corrected chi connectivity index (χ3v) is 1.14. The Morgan fingerprint density at radius 1 is 1.67 bits per heavy atom. The van der Waals surface area contributed by atoms with Gasteiger partial charge in [-0.05, 0) is 0 Å². The highest BCUT2D eigenvalue weighted by Crippen LogP contribution is 2.08. The second-order valence-electron chi connectivity index (χ2n) is 2.32. The van der Waals surface area contributed by atoms with Gasteiger partial charge in [-0.25, -0.2) is 0 Å². The Morgan fingerprint density at radius 3 is 2.22 bits per heavy atom. The molecule has 0 aromatic rings. The monoisotopic (exact) mass is 146 g/mol. The van der Waals surface area contributed by atoms with Crippen LogP contribution in [0.2, 0.25) is 0 Å². The van der Waals surface area contributed by atoms with E-state index in [0.717, 1.165) is 0 Å². The van der Waals surface area contributed by atoms with Crippen molar-refractivity contribution in [1.82, 2.24) is 0 Å². The number of Topliss-reactive ketones (excluding diaryl/α,β-unsaturated/α-hetero) is 1. The number of carbonyl (C=O) groups excluding carboxylic acids is 1. The SMILES string of the molecule is C=C(Cl)CC(=O)C(C)C. The standard InChI is InChI=1S/C7H11ClO/c1-5(2)7(9)4-6(3)8/h5H,3-4H2,1-2H3. The number of hydrogen-bond donors (Lipinski definition) is 0. The van der Waals surface area contributed by atoms with Crippen LogP contribution in [0.25, 0.3) is 0 Å². The molecular weight excluding hydrogens is 136 g/mol. The molecule has 0 unspecified atom stereocenters. The van der Waals surface area contributed by atoms with E-state index in [1.807, 2.05) is 13.8 Å². The molecule has 0 aliphatic carbocycles. The Kier molecular flexibility index (Phi) is 3.55. The van der Waals surface area contributed by atoms with E-state index in [2.05, 4.69) is 6.58 Å². The molecule has 0 heterocycles.